The number of nitrogens with zero attached hydrogens (tertiary/aromatic N) is 3. The van der Waals surface area contributed by atoms with Crippen LogP contribution in [0, 0.1) is 6.92 Å². The summed E-state index contributed by atoms with van der Waals surface area (Å²) in [5, 5.41) is 8.19. The van der Waals surface area contributed by atoms with Crippen LogP contribution in [-0.4, -0.2) is 39.9 Å². The minimum Gasteiger partial charge on any atom is -0.377 e. The Bertz CT molecular complexity index is 1030. The number of fused-ring (bicyclic) bond motifs is 1. The monoisotopic (exact) mass is 350 g/mol. The summed E-state index contributed by atoms with van der Waals surface area (Å²) in [6, 6.07) is 13.6. The SMILES string of the molecule is Cc1ccc(=O)n(C2COCC2NC(=O)c2ccc3ccccc3n2)n1. The number of hydrogen-bond acceptors (Lipinski definition) is 5. The van der Waals surface area contributed by atoms with Gasteiger partial charge in [-0.15, -0.1) is 0 Å². The van der Waals surface area contributed by atoms with E-state index in [1.54, 1.807) is 12.1 Å². The van der Waals surface area contributed by atoms with Gasteiger partial charge in [-0.2, -0.15) is 5.10 Å². The van der Waals surface area contributed by atoms with Crippen LogP contribution < -0.4 is 10.9 Å². The highest BCUT2D eigenvalue weighted by molar-refractivity contribution is 5.95. The van der Waals surface area contributed by atoms with E-state index in [0.717, 1.165) is 16.6 Å². The summed E-state index contributed by atoms with van der Waals surface area (Å²) < 4.78 is 6.88. The predicted molar refractivity (Wildman–Crippen MR) is 96.1 cm³/mol. The fourth-order valence-corrected chi connectivity index (χ4v) is 3.12. The molecule has 132 valence electrons. The van der Waals surface area contributed by atoms with Crippen LogP contribution in [0.3, 0.4) is 0 Å². The van der Waals surface area contributed by atoms with E-state index in [1.807, 2.05) is 37.3 Å². The highest BCUT2D eigenvalue weighted by Crippen LogP contribution is 2.18. The van der Waals surface area contributed by atoms with Crippen molar-refractivity contribution in [3.05, 3.63) is 70.3 Å². The lowest BCUT2D eigenvalue weighted by Gasteiger charge is -2.20. The van der Waals surface area contributed by atoms with Gasteiger partial charge in [0.25, 0.3) is 11.5 Å². The Morgan fingerprint density at radius 2 is 2.00 bits per heavy atom. The molecule has 0 bridgehead atoms. The van der Waals surface area contributed by atoms with Crippen molar-refractivity contribution in [1.82, 2.24) is 20.1 Å². The van der Waals surface area contributed by atoms with Crippen molar-refractivity contribution in [2.75, 3.05) is 13.2 Å². The number of benzene rings is 1. The van der Waals surface area contributed by atoms with E-state index < -0.39 is 0 Å². The molecule has 1 N–H and O–H groups in total. The number of amides is 1. The van der Waals surface area contributed by atoms with Gasteiger partial charge in [0.2, 0.25) is 0 Å². The molecule has 7 nitrogen and oxygen atoms in total. The van der Waals surface area contributed by atoms with Crippen LogP contribution in [0.5, 0.6) is 0 Å². The van der Waals surface area contributed by atoms with Crippen molar-refractivity contribution < 1.29 is 9.53 Å². The lowest BCUT2D eigenvalue weighted by molar-refractivity contribution is 0.0920. The lowest BCUT2D eigenvalue weighted by atomic mass is 10.1. The average molecular weight is 350 g/mol. The van der Waals surface area contributed by atoms with Gasteiger partial charge in [-0.25, -0.2) is 9.67 Å². The van der Waals surface area contributed by atoms with Crippen molar-refractivity contribution in [3.63, 3.8) is 0 Å². The third kappa shape index (κ3) is 3.09. The third-order valence-electron chi connectivity index (χ3n) is 4.47. The Morgan fingerprint density at radius 1 is 1.15 bits per heavy atom. The fraction of sp³-hybridized carbons (Fsp3) is 0.263. The second-order valence-corrected chi connectivity index (χ2v) is 6.33. The van der Waals surface area contributed by atoms with E-state index in [1.165, 1.54) is 10.7 Å². The quantitative estimate of drug-likeness (QED) is 0.773. The van der Waals surface area contributed by atoms with Crippen molar-refractivity contribution in [3.8, 4) is 0 Å². The molecular weight excluding hydrogens is 332 g/mol. The van der Waals surface area contributed by atoms with Crippen LogP contribution >= 0.6 is 0 Å². The van der Waals surface area contributed by atoms with Gasteiger partial charge in [0, 0.05) is 11.5 Å². The summed E-state index contributed by atoms with van der Waals surface area (Å²) in [4.78, 5) is 29.2. The van der Waals surface area contributed by atoms with Gasteiger partial charge in [0.15, 0.2) is 0 Å². The number of nitrogens with one attached hydrogen (secondary N) is 1. The number of aromatic nitrogens is 3. The zero-order valence-corrected chi connectivity index (χ0v) is 14.3. The first-order valence-corrected chi connectivity index (χ1v) is 8.43. The molecule has 2 aromatic heterocycles. The smallest absolute Gasteiger partial charge is 0.270 e. The molecule has 26 heavy (non-hydrogen) atoms. The standard InChI is InChI=1S/C19H18N4O3/c1-12-6-9-18(24)23(22-12)17-11-26-10-16(17)21-19(25)15-8-7-13-4-2-3-5-14(13)20-15/h2-9,16-17H,10-11H2,1H3,(H,21,25). The predicted octanol–water partition coefficient (Wildman–Crippen LogP) is 1.47. The molecule has 2 unspecified atom stereocenters. The fourth-order valence-electron chi connectivity index (χ4n) is 3.12. The largest absolute Gasteiger partial charge is 0.377 e. The van der Waals surface area contributed by atoms with E-state index in [2.05, 4.69) is 15.4 Å². The molecule has 3 aromatic rings. The van der Waals surface area contributed by atoms with Gasteiger partial charge < -0.3 is 10.1 Å². The Kier molecular flexibility index (Phi) is 4.22. The van der Waals surface area contributed by atoms with Gasteiger partial charge in [-0.1, -0.05) is 24.3 Å². The molecule has 7 heteroatoms. The van der Waals surface area contributed by atoms with Gasteiger partial charge in [0.05, 0.1) is 30.5 Å². The zero-order chi connectivity index (χ0) is 18.1. The highest BCUT2D eigenvalue weighted by atomic mass is 16.5. The molecule has 0 aliphatic carbocycles. The van der Waals surface area contributed by atoms with Crippen LogP contribution in [0.1, 0.15) is 22.2 Å². The van der Waals surface area contributed by atoms with Gasteiger partial charge >= 0.3 is 0 Å². The van der Waals surface area contributed by atoms with E-state index in [-0.39, 0.29) is 23.6 Å². The lowest BCUT2D eigenvalue weighted by Crippen LogP contribution is -2.44. The van der Waals surface area contributed by atoms with Crippen LogP contribution in [0.4, 0.5) is 0 Å². The van der Waals surface area contributed by atoms with Crippen LogP contribution in [0.25, 0.3) is 10.9 Å². The maximum absolute atomic E-state index is 12.6. The topological polar surface area (TPSA) is 86.1 Å². The first kappa shape index (κ1) is 16.4. The minimum absolute atomic E-state index is 0.214. The number of aryl methyl sites for hydroxylation is 1. The number of carbonyl (C=O) groups is 1. The summed E-state index contributed by atoms with van der Waals surface area (Å²) >= 11 is 0. The number of ether oxygens (including phenoxy) is 1. The first-order chi connectivity index (χ1) is 12.6. The number of rotatable bonds is 3. The number of hydrogen-bond donors (Lipinski definition) is 1. The summed E-state index contributed by atoms with van der Waals surface area (Å²) in [6.45, 7) is 2.47. The number of carbonyl (C=O) groups excluding carboxylic acids is 1. The molecular formula is C19H18N4O3. The average Bonchev–Trinajstić information content (AvgIpc) is 3.11. The molecule has 0 spiro atoms. The Morgan fingerprint density at radius 3 is 2.88 bits per heavy atom. The van der Waals surface area contributed by atoms with Crippen molar-refractivity contribution in [1.29, 1.82) is 0 Å². The van der Waals surface area contributed by atoms with E-state index in [9.17, 15) is 9.59 Å². The Labute approximate surface area is 149 Å². The van der Waals surface area contributed by atoms with Gasteiger partial charge in [-0.3, -0.25) is 9.59 Å². The summed E-state index contributed by atoms with van der Waals surface area (Å²) in [5.41, 5.74) is 1.61. The first-order valence-electron chi connectivity index (χ1n) is 8.43. The molecule has 1 saturated heterocycles. The van der Waals surface area contributed by atoms with Crippen LogP contribution in [0.15, 0.2) is 53.3 Å². The molecule has 1 aliphatic rings. The normalized spacial score (nSPS) is 19.6. The maximum Gasteiger partial charge on any atom is 0.270 e. The Balaban J connectivity index is 1.57. The molecule has 1 aliphatic heterocycles. The van der Waals surface area contributed by atoms with Crippen LogP contribution in [0.2, 0.25) is 0 Å². The number of para-hydroxylation sites is 1. The molecule has 0 radical (unpaired) electrons. The van der Waals surface area contributed by atoms with Crippen molar-refractivity contribution >= 4 is 16.8 Å². The zero-order valence-electron chi connectivity index (χ0n) is 14.3. The third-order valence-corrected chi connectivity index (χ3v) is 4.47. The molecule has 1 fully saturated rings. The Hall–Kier alpha value is -3.06. The van der Waals surface area contributed by atoms with Gasteiger partial charge in [-0.05, 0) is 25.1 Å². The second-order valence-electron chi connectivity index (χ2n) is 6.33. The van der Waals surface area contributed by atoms with Crippen molar-refractivity contribution in [2.45, 2.75) is 19.0 Å². The highest BCUT2D eigenvalue weighted by Gasteiger charge is 2.33. The van der Waals surface area contributed by atoms with E-state index >= 15 is 0 Å². The molecule has 1 aromatic carbocycles. The molecule has 3 heterocycles. The number of pyridine rings is 1. The van der Waals surface area contributed by atoms with Gasteiger partial charge in [0.1, 0.15) is 11.7 Å². The molecule has 1 amide bonds. The maximum atomic E-state index is 12.6. The van der Waals surface area contributed by atoms with Crippen LogP contribution in [-0.2, 0) is 4.74 Å². The summed E-state index contributed by atoms with van der Waals surface area (Å²) in [5.74, 6) is -0.294. The van der Waals surface area contributed by atoms with Crippen molar-refractivity contribution in [2.24, 2.45) is 0 Å². The summed E-state index contributed by atoms with van der Waals surface area (Å²) in [7, 11) is 0. The van der Waals surface area contributed by atoms with E-state index in [4.69, 9.17) is 4.74 Å². The minimum atomic E-state index is -0.345. The molecule has 4 rings (SSSR count). The van der Waals surface area contributed by atoms with E-state index in [0.29, 0.717) is 18.9 Å². The second kappa shape index (κ2) is 6.68. The molecule has 2 atom stereocenters. The molecule has 0 saturated carbocycles. The summed E-state index contributed by atoms with van der Waals surface area (Å²) in [6.07, 6.45) is 0.